The van der Waals surface area contributed by atoms with Crippen LogP contribution >= 0.6 is 0 Å². The molecule has 4 fully saturated rings. The molecular formula is C55H82B2N6O18S2. The molecule has 0 aromatic heterocycles. The number of alkyl carbamates (subject to hydrolysis) is 2. The summed E-state index contributed by atoms with van der Waals surface area (Å²) < 4.78 is 81.4. The summed E-state index contributed by atoms with van der Waals surface area (Å²) in [5.74, 6) is -1.81. The van der Waals surface area contributed by atoms with Gasteiger partial charge in [-0.25, -0.2) is 26.4 Å². The van der Waals surface area contributed by atoms with E-state index < -0.39 is 82.4 Å². The van der Waals surface area contributed by atoms with E-state index in [0.717, 1.165) is 28.2 Å². The molecule has 0 bridgehead atoms. The van der Waals surface area contributed by atoms with Crippen LogP contribution in [-0.4, -0.2) is 191 Å². The van der Waals surface area contributed by atoms with Crippen molar-refractivity contribution in [3.63, 3.8) is 0 Å². The number of hydrogen-bond donors (Lipinski definition) is 4. The zero-order valence-electron chi connectivity index (χ0n) is 48.9. The molecule has 2 amide bonds. The highest BCUT2D eigenvalue weighted by Crippen LogP contribution is 2.30. The van der Waals surface area contributed by atoms with Gasteiger partial charge in [-0.2, -0.15) is 8.61 Å². The number of amides is 2. The second-order valence-corrected chi connectivity index (χ2v) is 24.1. The Balaban J connectivity index is 0.000000242. The summed E-state index contributed by atoms with van der Waals surface area (Å²) in [5, 5.41) is 24.5. The number of nitrogens with zero attached hydrogens (tertiary/aromatic N) is 4. The number of carbonyl (C=O) groups is 6. The van der Waals surface area contributed by atoms with Gasteiger partial charge < -0.3 is 58.7 Å². The summed E-state index contributed by atoms with van der Waals surface area (Å²) >= 11 is 0. The molecule has 7 rings (SSSR count). The molecule has 0 radical (unpaired) electrons. The third kappa shape index (κ3) is 21.2. The zero-order valence-corrected chi connectivity index (χ0v) is 50.5. The van der Waals surface area contributed by atoms with Crippen LogP contribution in [0.3, 0.4) is 0 Å². The maximum atomic E-state index is 12.5. The first-order valence-electron chi connectivity index (χ1n) is 27.9. The molecule has 458 valence electrons. The molecule has 4 aliphatic heterocycles. The van der Waals surface area contributed by atoms with Gasteiger partial charge in [0.15, 0.2) is 0 Å². The van der Waals surface area contributed by atoms with E-state index in [9.17, 15) is 55.7 Å². The fraction of sp³-hybridized carbons (Fsp3) is 0.564. The lowest BCUT2D eigenvalue weighted by Crippen LogP contribution is -2.53. The highest BCUT2D eigenvalue weighted by Gasteiger charge is 2.47. The fourth-order valence-electron chi connectivity index (χ4n) is 9.82. The van der Waals surface area contributed by atoms with Crippen LogP contribution in [0.15, 0.2) is 95.9 Å². The number of hydrogen-bond acceptors (Lipinski definition) is 20. The number of benzene rings is 3. The molecule has 3 aromatic rings. The Morgan fingerprint density at radius 1 is 0.542 bits per heavy atom. The van der Waals surface area contributed by atoms with Crippen molar-refractivity contribution >= 4 is 70.2 Å². The van der Waals surface area contributed by atoms with Crippen molar-refractivity contribution in [1.82, 2.24) is 28.9 Å². The molecule has 8 atom stereocenters. The molecule has 3 aromatic carbocycles. The van der Waals surface area contributed by atoms with E-state index in [0.29, 0.717) is 45.7 Å². The molecule has 4 aliphatic rings. The number of carbonyl (C=O) groups excluding carboxylic acids is 6. The number of esters is 4. The lowest BCUT2D eigenvalue weighted by Gasteiger charge is -2.27. The van der Waals surface area contributed by atoms with Crippen LogP contribution < -0.4 is 10.6 Å². The Bertz CT molecular complexity index is 2760. The van der Waals surface area contributed by atoms with Gasteiger partial charge in [-0.1, -0.05) is 92.7 Å². The monoisotopic (exact) mass is 1200 g/mol. The number of sulfonamides is 2. The molecular weight excluding hydrogens is 1120 g/mol. The van der Waals surface area contributed by atoms with Gasteiger partial charge in [-0.05, 0) is 102 Å². The van der Waals surface area contributed by atoms with Gasteiger partial charge in [0.25, 0.3) is 0 Å². The summed E-state index contributed by atoms with van der Waals surface area (Å²) in [6, 6.07) is 23.8. The zero-order chi connectivity index (χ0) is 61.4. The van der Waals surface area contributed by atoms with Crippen molar-refractivity contribution < 1.29 is 84.1 Å². The first kappa shape index (κ1) is 69.4. The summed E-state index contributed by atoms with van der Waals surface area (Å²) in [7, 11) is -8.40. The van der Waals surface area contributed by atoms with Gasteiger partial charge in [0.1, 0.15) is 25.3 Å². The lowest BCUT2D eigenvalue weighted by molar-refractivity contribution is -0.149. The van der Waals surface area contributed by atoms with E-state index in [1.165, 1.54) is 4.31 Å². The largest absolute Gasteiger partial charge is 0.466 e. The molecule has 0 spiro atoms. The smallest absolute Gasteiger partial charge is 0.407 e. The summed E-state index contributed by atoms with van der Waals surface area (Å²) in [5.41, 5.74) is 1.70. The van der Waals surface area contributed by atoms with Gasteiger partial charge >= 0.3 is 50.2 Å². The van der Waals surface area contributed by atoms with E-state index >= 15 is 0 Å². The van der Waals surface area contributed by atoms with Gasteiger partial charge in [-0.3, -0.25) is 19.2 Å². The van der Waals surface area contributed by atoms with Crippen LogP contribution in [0.1, 0.15) is 65.5 Å². The Kier molecular flexibility index (Phi) is 28.4. The predicted octanol–water partition coefficient (Wildman–Crippen LogP) is 3.64. The normalized spacial score (nSPS) is 22.6. The number of ether oxygens (including phenoxy) is 6. The first-order valence-corrected chi connectivity index (χ1v) is 31.2. The average Bonchev–Trinajstić information content (AvgIpc) is 4.43. The van der Waals surface area contributed by atoms with E-state index in [1.807, 2.05) is 86.2 Å². The van der Waals surface area contributed by atoms with Crippen LogP contribution in [-0.2, 0) is 80.9 Å². The van der Waals surface area contributed by atoms with Crippen LogP contribution in [0, 0.1) is 23.7 Å². The van der Waals surface area contributed by atoms with Crippen molar-refractivity contribution in [3.8, 4) is 0 Å². The quantitative estimate of drug-likeness (QED) is 0.0756. The molecule has 83 heavy (non-hydrogen) atoms. The molecule has 4 N–H and O–H groups in total. The van der Waals surface area contributed by atoms with Gasteiger partial charge in [0.2, 0.25) is 20.0 Å². The fourth-order valence-corrected chi connectivity index (χ4v) is 12.5. The van der Waals surface area contributed by atoms with Crippen molar-refractivity contribution in [2.45, 2.75) is 110 Å². The molecule has 0 aliphatic carbocycles. The predicted molar refractivity (Wildman–Crippen MR) is 308 cm³/mol. The van der Waals surface area contributed by atoms with E-state index in [2.05, 4.69) is 10.6 Å². The minimum absolute atomic E-state index is 0.0347. The van der Waals surface area contributed by atoms with Gasteiger partial charge in [0.05, 0.1) is 61.5 Å². The summed E-state index contributed by atoms with van der Waals surface area (Å²) in [4.78, 5) is 75.4. The maximum absolute atomic E-state index is 12.5. The third-order valence-electron chi connectivity index (χ3n) is 14.1. The first-order chi connectivity index (χ1) is 39.4. The topological polar surface area (TPSA) is 304 Å². The van der Waals surface area contributed by atoms with Gasteiger partial charge in [-0.15, -0.1) is 0 Å². The van der Waals surface area contributed by atoms with Crippen molar-refractivity contribution in [2.24, 2.45) is 23.7 Å². The van der Waals surface area contributed by atoms with Gasteiger partial charge in [0, 0.05) is 26.2 Å². The Morgan fingerprint density at radius 2 is 0.952 bits per heavy atom. The maximum Gasteiger partial charge on any atom is 0.407 e. The van der Waals surface area contributed by atoms with Crippen molar-refractivity contribution in [1.29, 1.82) is 0 Å². The second kappa shape index (κ2) is 34.0. The van der Waals surface area contributed by atoms with Crippen LogP contribution in [0.2, 0.25) is 13.6 Å². The third-order valence-corrected chi connectivity index (χ3v) is 17.2. The van der Waals surface area contributed by atoms with E-state index in [-0.39, 0.29) is 80.0 Å². The second-order valence-electron chi connectivity index (χ2n) is 20.2. The van der Waals surface area contributed by atoms with Crippen molar-refractivity contribution in [3.05, 3.63) is 102 Å². The van der Waals surface area contributed by atoms with Crippen LogP contribution in [0.5, 0.6) is 0 Å². The van der Waals surface area contributed by atoms with Crippen LogP contribution in [0.25, 0.3) is 0 Å². The summed E-state index contributed by atoms with van der Waals surface area (Å²) in [6.45, 7) is 18.0. The molecule has 4 saturated heterocycles. The molecule has 0 unspecified atom stereocenters. The molecule has 0 saturated carbocycles. The molecule has 28 heteroatoms. The Hall–Kier alpha value is -6.13. The molecule has 4 heterocycles. The van der Waals surface area contributed by atoms with Crippen LogP contribution in [0.4, 0.5) is 9.59 Å². The Labute approximate surface area is 489 Å². The standard InChI is InChI=1S/C16H23BN2O5.C16H22N2O6S.C14H19NO4S.C9H18BNO3/c1-3-23-15(20)14-13(9-10-19(14)17(2)22)18-16(21)24-11-12-7-5-4-6-8-12;1-3-23-15(19)14-13(9-10-18(14)25(2,21)22)17-16(20)24-11-12-7-5-4-6-8-12;1-3-19-14(16)13-10-15(9-11(13)2)20(17,18)12-7-5-4-6-8-12;1-4-14-9(12)8-6-11(10(3)13)5-7(8)2/h4-8,13-14,22H,3,9-11H2,1-2H3,(H,18,21);4-8,13-14H,3,9-11H2,1-2H3,(H,17,20);4-8,11,13H,3,9-10H2,1-2H3;7-8,13H,4-6H2,1-3H3/t2*13-,14-;11-,13-;7-,8-/m1111/s1. The average molecular weight is 1200 g/mol. The summed E-state index contributed by atoms with van der Waals surface area (Å²) in [6.07, 6.45) is 0.560. The highest BCUT2D eigenvalue weighted by molar-refractivity contribution is 7.89. The number of nitrogens with one attached hydrogen (secondary N) is 2. The molecule has 24 nitrogen and oxygen atoms in total. The minimum atomic E-state index is -3.60. The lowest BCUT2D eigenvalue weighted by atomic mass is 9.84. The SMILES string of the molecule is CCOC(=O)[C@@H]1CN(B(C)O)C[C@H]1C.CCOC(=O)[C@@H]1CN(S(=O)(=O)c2ccccc2)C[C@H]1C.CCOC(=O)[C@H]1[C@H](NC(=O)OCc2ccccc2)CCN1B(C)O.CCOC(=O)[C@H]1[C@H](NC(=O)OCc2ccccc2)CCN1S(C)(=O)=O. The van der Waals surface area contributed by atoms with E-state index in [4.69, 9.17) is 28.4 Å². The number of rotatable bonds is 19. The van der Waals surface area contributed by atoms with Crippen molar-refractivity contribution in [2.75, 3.05) is 72.0 Å². The highest BCUT2D eigenvalue weighted by atomic mass is 32.2. The Morgan fingerprint density at radius 3 is 1.39 bits per heavy atom. The van der Waals surface area contributed by atoms with E-state index in [1.54, 1.807) is 69.6 Å². The minimum Gasteiger partial charge on any atom is -0.466 e.